The summed E-state index contributed by atoms with van der Waals surface area (Å²) >= 11 is 0. The van der Waals surface area contributed by atoms with E-state index in [0.29, 0.717) is 18.2 Å². The largest absolute Gasteiger partial charge is 0.370 e. The fraction of sp³-hybridized carbons (Fsp3) is 0.450. The third kappa shape index (κ3) is 5.18. The normalized spacial score (nSPS) is 14.2. The molecule has 0 aliphatic heterocycles. The fourth-order valence-electron chi connectivity index (χ4n) is 3.38. The highest BCUT2D eigenvalue weighted by Gasteiger charge is 2.18. The smallest absolute Gasteiger partial charge is 0.224 e. The molecule has 0 spiro atoms. The molecule has 0 radical (unpaired) electrons. The van der Waals surface area contributed by atoms with Crippen LogP contribution in [0.25, 0.3) is 0 Å². The van der Waals surface area contributed by atoms with Crippen molar-refractivity contribution in [3.8, 4) is 0 Å². The van der Waals surface area contributed by atoms with E-state index in [4.69, 9.17) is 0 Å². The molecule has 1 fully saturated rings. The van der Waals surface area contributed by atoms with Crippen LogP contribution in [0.15, 0.2) is 30.3 Å². The van der Waals surface area contributed by atoms with Crippen LogP contribution in [-0.2, 0) is 4.79 Å². The summed E-state index contributed by atoms with van der Waals surface area (Å²) in [5.41, 5.74) is 1.74. The van der Waals surface area contributed by atoms with Crippen LogP contribution >= 0.6 is 0 Å². The van der Waals surface area contributed by atoms with Crippen molar-refractivity contribution < 1.29 is 4.79 Å². The molecule has 6 nitrogen and oxygen atoms in total. The first-order valence-electron chi connectivity index (χ1n) is 9.39. The highest BCUT2D eigenvalue weighted by Crippen LogP contribution is 2.28. The molecule has 6 heteroatoms. The van der Waals surface area contributed by atoms with Gasteiger partial charge in [0.1, 0.15) is 17.5 Å². The summed E-state index contributed by atoms with van der Waals surface area (Å²) in [5.74, 6) is 2.92. The number of aryl methyl sites for hydroxylation is 1. The molecule has 1 aliphatic rings. The molecular formula is C20H27N5O. The summed E-state index contributed by atoms with van der Waals surface area (Å²) in [7, 11) is 0. The lowest BCUT2D eigenvalue weighted by Gasteiger charge is -2.11. The van der Waals surface area contributed by atoms with E-state index >= 15 is 0 Å². The van der Waals surface area contributed by atoms with Gasteiger partial charge in [-0.3, -0.25) is 4.79 Å². The lowest BCUT2D eigenvalue weighted by Crippen LogP contribution is -2.15. The van der Waals surface area contributed by atoms with E-state index in [1.165, 1.54) is 25.7 Å². The lowest BCUT2D eigenvalue weighted by molar-refractivity contribution is -0.117. The minimum atomic E-state index is 0.110. The summed E-state index contributed by atoms with van der Waals surface area (Å²) in [4.78, 5) is 20.9. The van der Waals surface area contributed by atoms with Gasteiger partial charge in [-0.2, -0.15) is 0 Å². The molecule has 3 rings (SSSR count). The third-order valence-corrected chi connectivity index (χ3v) is 4.59. The van der Waals surface area contributed by atoms with Gasteiger partial charge in [0.15, 0.2) is 0 Å². The van der Waals surface area contributed by atoms with E-state index in [9.17, 15) is 4.79 Å². The van der Waals surface area contributed by atoms with Gasteiger partial charge in [0.25, 0.3) is 0 Å². The minimum Gasteiger partial charge on any atom is -0.370 e. The first kappa shape index (κ1) is 18.2. The maximum absolute atomic E-state index is 12.1. The van der Waals surface area contributed by atoms with E-state index in [0.717, 1.165) is 29.6 Å². The number of carbonyl (C=O) groups excluding carboxylic acids is 1. The Hall–Kier alpha value is -2.63. The standard InChI is InChI=1S/C20H27N5O/c1-3-21-18-13-19(23-14(2)22-18)24-16-8-10-17(11-9-16)25-20(26)12-15-6-4-5-7-15/h8-11,13,15H,3-7,12H2,1-2H3,(H,25,26)(H2,21,22,23,24). The average molecular weight is 353 g/mol. The first-order chi connectivity index (χ1) is 12.6. The van der Waals surface area contributed by atoms with Crippen LogP contribution in [0, 0.1) is 12.8 Å². The van der Waals surface area contributed by atoms with Crippen molar-refractivity contribution in [2.24, 2.45) is 5.92 Å². The summed E-state index contributed by atoms with van der Waals surface area (Å²) < 4.78 is 0. The fourth-order valence-corrected chi connectivity index (χ4v) is 3.38. The zero-order valence-corrected chi connectivity index (χ0v) is 15.5. The molecule has 1 aliphatic carbocycles. The second kappa shape index (κ2) is 8.65. The van der Waals surface area contributed by atoms with E-state index in [-0.39, 0.29) is 5.91 Å². The van der Waals surface area contributed by atoms with Gasteiger partial charge in [0.05, 0.1) is 0 Å². The monoisotopic (exact) mass is 353 g/mol. The van der Waals surface area contributed by atoms with Crippen LogP contribution in [0.2, 0.25) is 0 Å². The van der Waals surface area contributed by atoms with Crippen molar-refractivity contribution in [1.29, 1.82) is 0 Å². The quantitative estimate of drug-likeness (QED) is 0.684. The summed E-state index contributed by atoms with van der Waals surface area (Å²) in [6, 6.07) is 9.58. The molecular weight excluding hydrogens is 326 g/mol. The highest BCUT2D eigenvalue weighted by atomic mass is 16.1. The van der Waals surface area contributed by atoms with Crippen molar-refractivity contribution >= 4 is 28.9 Å². The number of rotatable bonds is 7. The number of amides is 1. The molecule has 1 saturated carbocycles. The number of nitrogens with one attached hydrogen (secondary N) is 3. The summed E-state index contributed by atoms with van der Waals surface area (Å²) in [6.07, 6.45) is 5.52. The molecule has 2 aromatic rings. The van der Waals surface area contributed by atoms with Gasteiger partial charge in [-0.25, -0.2) is 9.97 Å². The number of nitrogens with zero attached hydrogens (tertiary/aromatic N) is 2. The van der Waals surface area contributed by atoms with E-state index in [1.807, 2.05) is 44.2 Å². The maximum Gasteiger partial charge on any atom is 0.224 e. The van der Waals surface area contributed by atoms with Gasteiger partial charge in [-0.15, -0.1) is 0 Å². The predicted octanol–water partition coefficient (Wildman–Crippen LogP) is 4.48. The molecule has 138 valence electrons. The van der Waals surface area contributed by atoms with Gasteiger partial charge < -0.3 is 16.0 Å². The van der Waals surface area contributed by atoms with Crippen LogP contribution in [-0.4, -0.2) is 22.4 Å². The molecule has 3 N–H and O–H groups in total. The van der Waals surface area contributed by atoms with Gasteiger partial charge in [0.2, 0.25) is 5.91 Å². The molecule has 0 bridgehead atoms. The zero-order chi connectivity index (χ0) is 18.4. The molecule has 0 unspecified atom stereocenters. The lowest BCUT2D eigenvalue weighted by atomic mass is 10.0. The van der Waals surface area contributed by atoms with E-state index in [2.05, 4.69) is 25.9 Å². The van der Waals surface area contributed by atoms with Crippen LogP contribution in [0.1, 0.15) is 44.9 Å². The Morgan fingerprint density at radius 2 is 1.73 bits per heavy atom. The van der Waals surface area contributed by atoms with Crippen LogP contribution < -0.4 is 16.0 Å². The van der Waals surface area contributed by atoms with Crippen LogP contribution in [0.4, 0.5) is 23.0 Å². The van der Waals surface area contributed by atoms with E-state index < -0.39 is 0 Å². The Labute approximate surface area is 154 Å². The second-order valence-electron chi connectivity index (χ2n) is 6.82. The van der Waals surface area contributed by atoms with Crippen molar-refractivity contribution in [3.63, 3.8) is 0 Å². The van der Waals surface area contributed by atoms with Gasteiger partial charge >= 0.3 is 0 Å². The summed E-state index contributed by atoms with van der Waals surface area (Å²) in [6.45, 7) is 4.71. The molecule has 0 atom stereocenters. The molecule has 1 amide bonds. The zero-order valence-electron chi connectivity index (χ0n) is 15.5. The number of hydrogen-bond acceptors (Lipinski definition) is 5. The predicted molar refractivity (Wildman–Crippen MR) is 106 cm³/mol. The number of hydrogen-bond donors (Lipinski definition) is 3. The Morgan fingerprint density at radius 3 is 2.42 bits per heavy atom. The van der Waals surface area contributed by atoms with Crippen molar-refractivity contribution in [2.45, 2.75) is 46.0 Å². The molecule has 1 aromatic carbocycles. The number of aromatic nitrogens is 2. The second-order valence-corrected chi connectivity index (χ2v) is 6.82. The minimum absolute atomic E-state index is 0.110. The van der Waals surface area contributed by atoms with Crippen molar-refractivity contribution in [1.82, 2.24) is 9.97 Å². The Balaban J connectivity index is 1.58. The van der Waals surface area contributed by atoms with Gasteiger partial charge in [0, 0.05) is 30.4 Å². The van der Waals surface area contributed by atoms with Crippen molar-refractivity contribution in [2.75, 3.05) is 22.5 Å². The highest BCUT2D eigenvalue weighted by molar-refractivity contribution is 5.91. The number of anilines is 4. The van der Waals surface area contributed by atoms with Crippen LogP contribution in [0.3, 0.4) is 0 Å². The molecule has 1 heterocycles. The maximum atomic E-state index is 12.1. The topological polar surface area (TPSA) is 78.9 Å². The molecule has 0 saturated heterocycles. The number of carbonyl (C=O) groups is 1. The Kier molecular flexibility index (Phi) is 6.04. The van der Waals surface area contributed by atoms with Gasteiger partial charge in [-0.05, 0) is 56.9 Å². The first-order valence-corrected chi connectivity index (χ1v) is 9.39. The van der Waals surface area contributed by atoms with Gasteiger partial charge in [-0.1, -0.05) is 12.8 Å². The third-order valence-electron chi connectivity index (χ3n) is 4.59. The summed E-state index contributed by atoms with van der Waals surface area (Å²) in [5, 5.41) is 9.47. The number of benzene rings is 1. The Morgan fingerprint density at radius 1 is 1.08 bits per heavy atom. The van der Waals surface area contributed by atoms with Crippen LogP contribution in [0.5, 0.6) is 0 Å². The average Bonchev–Trinajstić information content (AvgIpc) is 3.09. The molecule has 1 aromatic heterocycles. The Bertz CT molecular complexity index is 738. The molecule has 26 heavy (non-hydrogen) atoms. The van der Waals surface area contributed by atoms with Crippen molar-refractivity contribution in [3.05, 3.63) is 36.2 Å². The SMILES string of the molecule is CCNc1cc(Nc2ccc(NC(=O)CC3CCCC3)cc2)nc(C)n1. The van der Waals surface area contributed by atoms with E-state index in [1.54, 1.807) is 0 Å².